The molecule has 0 atom stereocenters. The molecule has 0 aliphatic heterocycles. The molecule has 1 saturated carbocycles. The minimum Gasteiger partial charge on any atom is -0.437 e. The van der Waals surface area contributed by atoms with Crippen LogP contribution in [0.4, 0.5) is 5.69 Å². The summed E-state index contributed by atoms with van der Waals surface area (Å²) in [6.45, 7) is 4.60. The first-order valence-electron chi connectivity index (χ1n) is 7.51. The zero-order valence-electron chi connectivity index (χ0n) is 12.5. The molecule has 4 nitrogen and oxygen atoms in total. The van der Waals surface area contributed by atoms with Gasteiger partial charge in [0.25, 0.3) is 0 Å². The molecule has 2 aromatic rings. The summed E-state index contributed by atoms with van der Waals surface area (Å²) in [5.41, 5.74) is 1.10. The van der Waals surface area contributed by atoms with Crippen molar-refractivity contribution in [3.63, 3.8) is 0 Å². The molecule has 1 aromatic heterocycles. The molecule has 0 spiro atoms. The molecule has 1 aliphatic rings. The van der Waals surface area contributed by atoms with Crippen molar-refractivity contribution in [2.24, 2.45) is 11.8 Å². The lowest BCUT2D eigenvalue weighted by Gasteiger charge is -2.39. The Kier molecular flexibility index (Phi) is 4.04. The predicted octanol–water partition coefficient (Wildman–Crippen LogP) is 4.12. The molecule has 1 aliphatic carbocycles. The molecule has 110 valence electrons. The maximum atomic E-state index is 5.70. The zero-order chi connectivity index (χ0) is 14.7. The number of ether oxygens (including phenoxy) is 1. The summed E-state index contributed by atoms with van der Waals surface area (Å²) >= 11 is 0. The Balaban J connectivity index is 1.59. The molecule has 0 bridgehead atoms. The zero-order valence-corrected chi connectivity index (χ0v) is 12.5. The molecule has 3 rings (SSSR count). The topological polar surface area (TPSA) is 47.0 Å². The quantitative estimate of drug-likeness (QED) is 0.896. The molecule has 0 amide bonds. The van der Waals surface area contributed by atoms with E-state index in [-0.39, 0.29) is 0 Å². The molecular weight excluding hydrogens is 262 g/mol. The van der Waals surface area contributed by atoms with Gasteiger partial charge in [0.1, 0.15) is 5.75 Å². The molecular formula is C17H21N3O. The molecule has 21 heavy (non-hydrogen) atoms. The van der Waals surface area contributed by atoms with Crippen molar-refractivity contribution in [2.75, 3.05) is 5.32 Å². The third-order valence-electron chi connectivity index (χ3n) is 4.08. The van der Waals surface area contributed by atoms with Crippen LogP contribution in [-0.4, -0.2) is 16.0 Å². The first-order chi connectivity index (χ1) is 10.2. The number of anilines is 1. The lowest BCUT2D eigenvalue weighted by Crippen LogP contribution is -2.37. The second-order valence-corrected chi connectivity index (χ2v) is 5.99. The van der Waals surface area contributed by atoms with E-state index in [0.717, 1.165) is 23.3 Å². The van der Waals surface area contributed by atoms with Crippen molar-refractivity contribution in [3.8, 4) is 11.6 Å². The maximum Gasteiger partial charge on any atom is 0.237 e. The van der Waals surface area contributed by atoms with E-state index in [1.54, 1.807) is 18.6 Å². The standard InChI is InChI=1S/C17H21N3O/c1-12(2)13-8-15(9-13)20-14-4-3-5-16(10-14)21-17-11-18-6-7-19-17/h3-7,10-13,15,20H,8-9H2,1-2H3. The van der Waals surface area contributed by atoms with Crippen LogP contribution in [0.5, 0.6) is 11.6 Å². The van der Waals surface area contributed by atoms with E-state index in [2.05, 4.69) is 35.2 Å². The Morgan fingerprint density at radius 2 is 2.10 bits per heavy atom. The summed E-state index contributed by atoms with van der Waals surface area (Å²) < 4.78 is 5.70. The maximum absolute atomic E-state index is 5.70. The van der Waals surface area contributed by atoms with Gasteiger partial charge >= 0.3 is 0 Å². The van der Waals surface area contributed by atoms with Gasteiger partial charge in [0, 0.05) is 30.2 Å². The Morgan fingerprint density at radius 3 is 2.81 bits per heavy atom. The smallest absolute Gasteiger partial charge is 0.237 e. The SMILES string of the molecule is CC(C)C1CC(Nc2cccc(Oc3cnccn3)c2)C1. The van der Waals surface area contributed by atoms with Gasteiger partial charge in [0.05, 0.1) is 6.20 Å². The molecule has 0 unspecified atom stereocenters. The first kappa shape index (κ1) is 13.9. The average Bonchev–Trinajstić information content (AvgIpc) is 2.43. The third kappa shape index (κ3) is 3.51. The fourth-order valence-corrected chi connectivity index (χ4v) is 2.67. The van der Waals surface area contributed by atoms with E-state index < -0.39 is 0 Å². The van der Waals surface area contributed by atoms with Gasteiger partial charge in [0.2, 0.25) is 5.88 Å². The monoisotopic (exact) mass is 283 g/mol. The van der Waals surface area contributed by atoms with Gasteiger partial charge in [0.15, 0.2) is 0 Å². The van der Waals surface area contributed by atoms with E-state index in [4.69, 9.17) is 4.74 Å². The highest BCUT2D eigenvalue weighted by molar-refractivity contribution is 5.49. The summed E-state index contributed by atoms with van der Waals surface area (Å²) in [6.07, 6.45) is 7.38. The Labute approximate surface area is 125 Å². The van der Waals surface area contributed by atoms with Crippen molar-refractivity contribution in [1.82, 2.24) is 9.97 Å². The molecule has 1 N–H and O–H groups in total. The minimum atomic E-state index is 0.512. The third-order valence-corrected chi connectivity index (χ3v) is 4.08. The van der Waals surface area contributed by atoms with Crippen molar-refractivity contribution in [3.05, 3.63) is 42.9 Å². The summed E-state index contributed by atoms with van der Waals surface area (Å²) in [7, 11) is 0. The fraction of sp³-hybridized carbons (Fsp3) is 0.412. The molecule has 4 heteroatoms. The van der Waals surface area contributed by atoms with Crippen LogP contribution in [0.1, 0.15) is 26.7 Å². The van der Waals surface area contributed by atoms with Crippen LogP contribution >= 0.6 is 0 Å². The Bertz CT molecular complexity index is 580. The van der Waals surface area contributed by atoms with Gasteiger partial charge in [-0.1, -0.05) is 19.9 Å². The van der Waals surface area contributed by atoms with Crippen molar-refractivity contribution in [2.45, 2.75) is 32.7 Å². The van der Waals surface area contributed by atoms with Crippen LogP contribution in [0, 0.1) is 11.8 Å². The van der Waals surface area contributed by atoms with Crippen LogP contribution < -0.4 is 10.1 Å². The lowest BCUT2D eigenvalue weighted by atomic mass is 9.73. The second-order valence-electron chi connectivity index (χ2n) is 5.99. The fourth-order valence-electron chi connectivity index (χ4n) is 2.67. The summed E-state index contributed by atoms with van der Waals surface area (Å²) in [5.74, 6) is 2.94. The lowest BCUT2D eigenvalue weighted by molar-refractivity contribution is 0.212. The molecule has 1 heterocycles. The van der Waals surface area contributed by atoms with Gasteiger partial charge in [-0.25, -0.2) is 4.98 Å². The van der Waals surface area contributed by atoms with Crippen LogP contribution in [0.3, 0.4) is 0 Å². The highest BCUT2D eigenvalue weighted by Crippen LogP contribution is 2.36. The van der Waals surface area contributed by atoms with Gasteiger partial charge in [-0.2, -0.15) is 0 Å². The number of hydrogen-bond acceptors (Lipinski definition) is 4. The number of nitrogens with zero attached hydrogens (tertiary/aromatic N) is 2. The molecule has 0 radical (unpaired) electrons. The van der Waals surface area contributed by atoms with Crippen molar-refractivity contribution >= 4 is 5.69 Å². The normalized spacial score (nSPS) is 20.9. The van der Waals surface area contributed by atoms with Crippen LogP contribution in [-0.2, 0) is 0 Å². The highest BCUT2D eigenvalue weighted by atomic mass is 16.5. The van der Waals surface area contributed by atoms with Gasteiger partial charge in [-0.3, -0.25) is 4.98 Å². The van der Waals surface area contributed by atoms with Crippen molar-refractivity contribution in [1.29, 1.82) is 0 Å². The molecule has 0 saturated heterocycles. The van der Waals surface area contributed by atoms with Crippen molar-refractivity contribution < 1.29 is 4.74 Å². The number of benzene rings is 1. The van der Waals surface area contributed by atoms with E-state index in [9.17, 15) is 0 Å². The molecule has 1 aromatic carbocycles. The number of rotatable bonds is 5. The van der Waals surface area contributed by atoms with Crippen LogP contribution in [0.2, 0.25) is 0 Å². The molecule has 1 fully saturated rings. The Hall–Kier alpha value is -2.10. The highest BCUT2D eigenvalue weighted by Gasteiger charge is 2.30. The van der Waals surface area contributed by atoms with E-state index >= 15 is 0 Å². The van der Waals surface area contributed by atoms with E-state index in [0.29, 0.717) is 11.9 Å². The second kappa shape index (κ2) is 6.12. The van der Waals surface area contributed by atoms with Gasteiger partial charge in [-0.15, -0.1) is 0 Å². The largest absolute Gasteiger partial charge is 0.437 e. The first-order valence-corrected chi connectivity index (χ1v) is 7.51. The number of hydrogen-bond donors (Lipinski definition) is 1. The predicted molar refractivity (Wildman–Crippen MR) is 83.5 cm³/mol. The van der Waals surface area contributed by atoms with Crippen LogP contribution in [0.15, 0.2) is 42.9 Å². The van der Waals surface area contributed by atoms with E-state index in [1.165, 1.54) is 12.8 Å². The number of aromatic nitrogens is 2. The summed E-state index contributed by atoms with van der Waals surface area (Å²) in [4.78, 5) is 8.11. The van der Waals surface area contributed by atoms with Crippen LogP contribution in [0.25, 0.3) is 0 Å². The van der Waals surface area contributed by atoms with Gasteiger partial charge in [-0.05, 0) is 36.8 Å². The summed E-state index contributed by atoms with van der Waals surface area (Å²) in [6, 6.07) is 8.59. The minimum absolute atomic E-state index is 0.512. The van der Waals surface area contributed by atoms with Gasteiger partial charge < -0.3 is 10.1 Å². The number of nitrogens with one attached hydrogen (secondary N) is 1. The summed E-state index contributed by atoms with van der Waals surface area (Å²) in [5, 5.41) is 3.57. The Morgan fingerprint density at radius 1 is 1.24 bits per heavy atom. The average molecular weight is 283 g/mol. The van der Waals surface area contributed by atoms with E-state index in [1.807, 2.05) is 18.2 Å².